The van der Waals surface area contributed by atoms with E-state index in [0.717, 1.165) is 37.0 Å². The minimum absolute atomic E-state index is 0.517. The fourth-order valence-corrected chi connectivity index (χ4v) is 2.09. The van der Waals surface area contributed by atoms with Gasteiger partial charge in [0.1, 0.15) is 23.8 Å². The highest BCUT2D eigenvalue weighted by atomic mass is 15.3. The summed E-state index contributed by atoms with van der Waals surface area (Å²) < 4.78 is 2.06. The van der Waals surface area contributed by atoms with Crippen LogP contribution in [-0.2, 0) is 19.5 Å². The Morgan fingerprint density at radius 1 is 1.33 bits per heavy atom. The maximum absolute atomic E-state index is 5.81. The summed E-state index contributed by atoms with van der Waals surface area (Å²) in [5.41, 5.74) is 5.81. The van der Waals surface area contributed by atoms with Crippen molar-refractivity contribution in [1.82, 2.24) is 24.7 Å². The van der Waals surface area contributed by atoms with E-state index >= 15 is 0 Å². The lowest BCUT2D eigenvalue weighted by molar-refractivity contribution is 0.555. The molecule has 94 valence electrons. The normalized spacial score (nSPS) is 14.6. The molecule has 7 heteroatoms. The van der Waals surface area contributed by atoms with Crippen molar-refractivity contribution in [3.05, 3.63) is 24.0 Å². The first-order valence-corrected chi connectivity index (χ1v) is 6.01. The molecule has 0 saturated carbocycles. The molecule has 0 amide bonds. The average Bonchev–Trinajstić information content (AvgIpc) is 2.85. The van der Waals surface area contributed by atoms with E-state index in [9.17, 15) is 0 Å². The molecule has 0 spiro atoms. The molecule has 2 N–H and O–H groups in total. The lowest BCUT2D eigenvalue weighted by Gasteiger charge is -2.28. The van der Waals surface area contributed by atoms with E-state index in [1.807, 2.05) is 13.0 Å². The summed E-state index contributed by atoms with van der Waals surface area (Å²) in [6.45, 7) is 4.48. The van der Waals surface area contributed by atoms with Gasteiger partial charge in [0.25, 0.3) is 0 Å². The topological polar surface area (TPSA) is 85.8 Å². The maximum Gasteiger partial charge on any atom is 0.152 e. The highest BCUT2D eigenvalue weighted by Crippen LogP contribution is 2.19. The lowest BCUT2D eigenvalue weighted by Crippen LogP contribution is -2.34. The minimum atomic E-state index is 0.517. The molecule has 1 aliphatic rings. The average molecular weight is 245 g/mol. The third-order valence-electron chi connectivity index (χ3n) is 3.06. The summed E-state index contributed by atoms with van der Waals surface area (Å²) in [7, 11) is 0. The van der Waals surface area contributed by atoms with Gasteiger partial charge in [0.2, 0.25) is 0 Å². The summed E-state index contributed by atoms with van der Waals surface area (Å²) in [5, 5.41) is 8.01. The molecule has 3 heterocycles. The number of nitrogens with two attached hydrogens (primary N) is 1. The van der Waals surface area contributed by atoms with Gasteiger partial charge in [0.05, 0.1) is 6.54 Å². The fourth-order valence-electron chi connectivity index (χ4n) is 2.09. The molecule has 2 aromatic heterocycles. The van der Waals surface area contributed by atoms with Crippen molar-refractivity contribution in [2.75, 3.05) is 17.2 Å². The summed E-state index contributed by atoms with van der Waals surface area (Å²) in [5.74, 6) is 3.12. The van der Waals surface area contributed by atoms with E-state index in [2.05, 4.69) is 29.6 Å². The fraction of sp³-hybridized carbons (Fsp3) is 0.455. The predicted octanol–water partition coefficient (Wildman–Crippen LogP) is 0.233. The van der Waals surface area contributed by atoms with Crippen molar-refractivity contribution in [1.29, 1.82) is 0 Å². The number of fused-ring (bicyclic) bond motifs is 1. The van der Waals surface area contributed by atoms with Crippen molar-refractivity contribution in [3.8, 4) is 0 Å². The van der Waals surface area contributed by atoms with Gasteiger partial charge in [-0.05, 0) is 0 Å². The Morgan fingerprint density at radius 2 is 2.22 bits per heavy atom. The highest BCUT2D eigenvalue weighted by Gasteiger charge is 2.19. The Labute approximate surface area is 105 Å². The van der Waals surface area contributed by atoms with E-state index in [1.54, 1.807) is 6.33 Å². The largest absolute Gasteiger partial charge is 0.384 e. The first-order chi connectivity index (χ1) is 8.76. The van der Waals surface area contributed by atoms with E-state index in [-0.39, 0.29) is 0 Å². The van der Waals surface area contributed by atoms with E-state index in [1.165, 1.54) is 0 Å². The van der Waals surface area contributed by atoms with Gasteiger partial charge in [0, 0.05) is 25.6 Å². The molecule has 0 aromatic carbocycles. The zero-order valence-electron chi connectivity index (χ0n) is 10.2. The van der Waals surface area contributed by atoms with Crippen molar-refractivity contribution in [2.45, 2.75) is 26.4 Å². The van der Waals surface area contributed by atoms with Crippen LogP contribution < -0.4 is 10.6 Å². The van der Waals surface area contributed by atoms with Crippen LogP contribution in [-0.4, -0.2) is 31.3 Å². The molecule has 0 fully saturated rings. The molecule has 2 aromatic rings. The van der Waals surface area contributed by atoms with Gasteiger partial charge in [-0.3, -0.25) is 0 Å². The van der Waals surface area contributed by atoms with Crippen molar-refractivity contribution >= 4 is 11.6 Å². The number of hydrogen-bond acceptors (Lipinski definition) is 6. The van der Waals surface area contributed by atoms with Crippen LogP contribution in [0.25, 0.3) is 0 Å². The number of nitrogen functional groups attached to an aromatic ring is 1. The highest BCUT2D eigenvalue weighted by molar-refractivity contribution is 5.47. The third kappa shape index (κ3) is 1.87. The standard InChI is InChI=1S/C11H15N7/c1-2-9-14-8(12)5-10(15-9)17-3-4-18-7-13-16-11(18)6-17/h5,7H,2-4,6H2,1H3,(H2,12,14,15). The zero-order chi connectivity index (χ0) is 12.5. The molecule has 0 radical (unpaired) electrons. The Bertz CT molecular complexity index is 562. The molecule has 0 saturated heterocycles. The van der Waals surface area contributed by atoms with Gasteiger partial charge in [0.15, 0.2) is 5.82 Å². The first kappa shape index (κ1) is 10.9. The number of aromatic nitrogens is 5. The number of rotatable bonds is 2. The first-order valence-electron chi connectivity index (χ1n) is 6.01. The second-order valence-electron chi connectivity index (χ2n) is 4.28. The van der Waals surface area contributed by atoms with Gasteiger partial charge in [-0.25, -0.2) is 9.97 Å². The van der Waals surface area contributed by atoms with Crippen LogP contribution in [0.4, 0.5) is 11.6 Å². The van der Waals surface area contributed by atoms with Crippen LogP contribution in [0, 0.1) is 0 Å². The van der Waals surface area contributed by atoms with Gasteiger partial charge in [-0.2, -0.15) is 0 Å². The van der Waals surface area contributed by atoms with Gasteiger partial charge < -0.3 is 15.2 Å². The molecule has 3 rings (SSSR count). The van der Waals surface area contributed by atoms with E-state index in [0.29, 0.717) is 12.4 Å². The zero-order valence-corrected chi connectivity index (χ0v) is 10.2. The Hall–Kier alpha value is -2.18. The van der Waals surface area contributed by atoms with Crippen LogP contribution in [0.1, 0.15) is 18.6 Å². The monoisotopic (exact) mass is 245 g/mol. The number of anilines is 2. The summed E-state index contributed by atoms with van der Waals surface area (Å²) >= 11 is 0. The second kappa shape index (κ2) is 4.25. The van der Waals surface area contributed by atoms with Crippen LogP contribution in [0.2, 0.25) is 0 Å². The summed E-state index contributed by atoms with van der Waals surface area (Å²) in [6, 6.07) is 1.81. The maximum atomic E-state index is 5.81. The van der Waals surface area contributed by atoms with Crippen molar-refractivity contribution in [2.24, 2.45) is 0 Å². The molecule has 1 aliphatic heterocycles. The summed E-state index contributed by atoms with van der Waals surface area (Å²) in [4.78, 5) is 10.9. The second-order valence-corrected chi connectivity index (χ2v) is 4.28. The molecule has 0 atom stereocenters. The van der Waals surface area contributed by atoms with E-state index < -0.39 is 0 Å². The van der Waals surface area contributed by atoms with Crippen molar-refractivity contribution < 1.29 is 0 Å². The number of aryl methyl sites for hydroxylation is 1. The summed E-state index contributed by atoms with van der Waals surface area (Å²) in [6.07, 6.45) is 2.54. The van der Waals surface area contributed by atoms with Crippen molar-refractivity contribution in [3.63, 3.8) is 0 Å². The lowest BCUT2D eigenvalue weighted by atomic mass is 10.3. The number of hydrogen-bond donors (Lipinski definition) is 1. The van der Waals surface area contributed by atoms with Crippen LogP contribution in [0.15, 0.2) is 12.4 Å². The van der Waals surface area contributed by atoms with Gasteiger partial charge in [-0.1, -0.05) is 6.92 Å². The Morgan fingerprint density at radius 3 is 3.06 bits per heavy atom. The van der Waals surface area contributed by atoms with Crippen LogP contribution in [0.3, 0.4) is 0 Å². The van der Waals surface area contributed by atoms with E-state index in [4.69, 9.17) is 5.73 Å². The number of nitrogens with zero attached hydrogens (tertiary/aromatic N) is 6. The minimum Gasteiger partial charge on any atom is -0.384 e. The molecule has 0 unspecified atom stereocenters. The third-order valence-corrected chi connectivity index (χ3v) is 3.06. The van der Waals surface area contributed by atoms with Gasteiger partial charge in [-0.15, -0.1) is 10.2 Å². The molecular formula is C11H15N7. The van der Waals surface area contributed by atoms with Crippen LogP contribution in [0.5, 0.6) is 0 Å². The quantitative estimate of drug-likeness (QED) is 0.815. The SMILES string of the molecule is CCc1nc(N)cc(N2CCn3cnnc3C2)n1. The van der Waals surface area contributed by atoms with Crippen LogP contribution >= 0.6 is 0 Å². The predicted molar refractivity (Wildman–Crippen MR) is 66.9 cm³/mol. The molecule has 0 bridgehead atoms. The Kier molecular flexibility index (Phi) is 2.58. The smallest absolute Gasteiger partial charge is 0.152 e. The molecule has 18 heavy (non-hydrogen) atoms. The molecule has 7 nitrogen and oxygen atoms in total. The Balaban J connectivity index is 1.90. The molecule has 0 aliphatic carbocycles. The molecular weight excluding hydrogens is 230 g/mol. The van der Waals surface area contributed by atoms with Gasteiger partial charge >= 0.3 is 0 Å².